The van der Waals surface area contributed by atoms with Crippen LogP contribution < -0.4 is 20.1 Å². The van der Waals surface area contributed by atoms with Gasteiger partial charge < -0.3 is 19.9 Å². The third-order valence-electron chi connectivity index (χ3n) is 4.06. The van der Waals surface area contributed by atoms with Crippen molar-refractivity contribution in [2.75, 3.05) is 14.2 Å². The number of amides is 2. The Kier molecular flexibility index (Phi) is 5.54. The van der Waals surface area contributed by atoms with Gasteiger partial charge in [-0.3, -0.25) is 14.9 Å². The Morgan fingerprint density at radius 3 is 2.59 bits per heavy atom. The van der Waals surface area contributed by atoms with Crippen LogP contribution in [0.15, 0.2) is 36.5 Å². The Labute approximate surface area is 169 Å². The first-order chi connectivity index (χ1) is 12.9. The smallest absolute Gasteiger partial charge is 0.260 e. The Morgan fingerprint density at radius 1 is 1.11 bits per heavy atom. The molecule has 0 aromatic heterocycles. The number of nitrogens with one attached hydrogen (secondary N) is 2. The zero-order chi connectivity index (χ0) is 19.6. The van der Waals surface area contributed by atoms with Gasteiger partial charge in [0.05, 0.1) is 19.8 Å². The number of benzene rings is 2. The fraction of sp³-hybridized carbons (Fsp3) is 0.158. The molecule has 0 bridgehead atoms. The fourth-order valence-corrected chi connectivity index (χ4v) is 3.30. The molecule has 0 atom stereocenters. The first-order valence-electron chi connectivity index (χ1n) is 7.97. The number of fused-ring (bicyclic) bond motifs is 1. The third kappa shape index (κ3) is 3.85. The van der Waals surface area contributed by atoms with Crippen molar-refractivity contribution in [2.45, 2.75) is 6.54 Å². The molecule has 0 fully saturated rings. The van der Waals surface area contributed by atoms with Crippen molar-refractivity contribution >= 4 is 40.0 Å². The van der Waals surface area contributed by atoms with E-state index in [2.05, 4.69) is 33.2 Å². The van der Waals surface area contributed by atoms with E-state index in [1.807, 2.05) is 6.07 Å². The minimum absolute atomic E-state index is 0.0396. The lowest BCUT2D eigenvalue weighted by Gasteiger charge is -2.18. The van der Waals surface area contributed by atoms with Crippen LogP contribution in [0.25, 0.3) is 5.57 Å². The number of carbonyl (C=O) groups excluding carboxylic acids is 2. The van der Waals surface area contributed by atoms with Crippen LogP contribution in [-0.2, 0) is 11.3 Å². The van der Waals surface area contributed by atoms with Gasteiger partial charge in [-0.05, 0) is 58.5 Å². The predicted octanol–water partition coefficient (Wildman–Crippen LogP) is 2.41. The summed E-state index contributed by atoms with van der Waals surface area (Å²) in [7, 11) is 2.93. The van der Waals surface area contributed by atoms with Crippen molar-refractivity contribution in [2.24, 2.45) is 0 Å². The molecule has 1 aliphatic rings. The molecule has 2 aromatic rings. The average molecular weight is 480 g/mol. The van der Waals surface area contributed by atoms with E-state index < -0.39 is 11.8 Å². The highest BCUT2D eigenvalue weighted by Gasteiger charge is 2.27. The second-order valence-electron chi connectivity index (χ2n) is 5.76. The fourth-order valence-electron chi connectivity index (χ4n) is 2.81. The molecule has 2 aromatic carbocycles. The maximum atomic E-state index is 12.2. The summed E-state index contributed by atoms with van der Waals surface area (Å²) in [5, 5.41) is 15.4. The minimum atomic E-state index is -0.461. The van der Waals surface area contributed by atoms with Gasteiger partial charge in [0, 0.05) is 27.4 Å². The predicted molar refractivity (Wildman–Crippen MR) is 108 cm³/mol. The number of ether oxygens (including phenoxy) is 2. The van der Waals surface area contributed by atoms with Crippen LogP contribution in [0.5, 0.6) is 17.2 Å². The highest BCUT2D eigenvalue weighted by atomic mass is 127. The summed E-state index contributed by atoms with van der Waals surface area (Å²) in [6.45, 7) is 0.331. The van der Waals surface area contributed by atoms with Gasteiger partial charge in [0.25, 0.3) is 11.8 Å². The number of hydrogen-bond donors (Lipinski definition) is 3. The summed E-state index contributed by atoms with van der Waals surface area (Å²) >= 11 is 2.13. The number of phenols is 1. The molecule has 27 heavy (non-hydrogen) atoms. The minimum Gasteiger partial charge on any atom is -0.504 e. The molecule has 0 radical (unpaired) electrons. The Bertz CT molecular complexity index is 955. The van der Waals surface area contributed by atoms with E-state index >= 15 is 0 Å². The molecule has 2 amide bonds. The van der Waals surface area contributed by atoms with E-state index in [-0.39, 0.29) is 11.5 Å². The topological polar surface area (TPSA) is 96.9 Å². The summed E-state index contributed by atoms with van der Waals surface area (Å²) in [6.07, 6.45) is 1.56. The quantitative estimate of drug-likeness (QED) is 0.346. The van der Waals surface area contributed by atoms with Crippen molar-refractivity contribution in [1.82, 2.24) is 10.6 Å². The summed E-state index contributed by atoms with van der Waals surface area (Å²) in [5.41, 5.74) is 2.13. The van der Waals surface area contributed by atoms with Crippen LogP contribution in [0.3, 0.4) is 0 Å². The summed E-state index contributed by atoms with van der Waals surface area (Å²) in [5.74, 6) is -0.246. The standard InChI is InChI=1S/C19H17IN2O5/c1-26-16-6-10(5-15(23)17(16)27-2)8-21-9-14-13-7-11(20)3-4-12(13)18(24)22-19(14)25/h3-7,9,21,23H,8H2,1-2H3,(H,22,24,25)/b14-9-. The zero-order valence-electron chi connectivity index (χ0n) is 14.6. The van der Waals surface area contributed by atoms with Gasteiger partial charge in [0.2, 0.25) is 5.75 Å². The monoisotopic (exact) mass is 480 g/mol. The number of rotatable bonds is 5. The summed E-state index contributed by atoms with van der Waals surface area (Å²) < 4.78 is 11.2. The summed E-state index contributed by atoms with van der Waals surface area (Å²) in [4.78, 5) is 24.2. The molecule has 7 nitrogen and oxygen atoms in total. The maximum Gasteiger partial charge on any atom is 0.260 e. The lowest BCUT2D eigenvalue weighted by atomic mass is 9.95. The summed E-state index contributed by atoms with van der Waals surface area (Å²) in [6, 6.07) is 8.58. The molecule has 0 saturated carbocycles. The molecule has 0 spiro atoms. The number of aromatic hydroxyl groups is 1. The van der Waals surface area contributed by atoms with E-state index in [0.29, 0.717) is 29.0 Å². The number of imide groups is 1. The highest BCUT2D eigenvalue weighted by molar-refractivity contribution is 14.1. The van der Waals surface area contributed by atoms with Crippen molar-refractivity contribution in [3.05, 3.63) is 56.8 Å². The Morgan fingerprint density at radius 2 is 1.89 bits per heavy atom. The van der Waals surface area contributed by atoms with Crippen LogP contribution in [-0.4, -0.2) is 31.1 Å². The normalized spacial score (nSPS) is 14.6. The van der Waals surface area contributed by atoms with E-state index in [0.717, 1.165) is 9.13 Å². The second-order valence-corrected chi connectivity index (χ2v) is 7.01. The van der Waals surface area contributed by atoms with E-state index in [9.17, 15) is 14.7 Å². The number of carbonyl (C=O) groups is 2. The molecular weight excluding hydrogens is 463 g/mol. The molecule has 0 unspecified atom stereocenters. The van der Waals surface area contributed by atoms with Gasteiger partial charge in [-0.2, -0.15) is 0 Å². The van der Waals surface area contributed by atoms with Crippen molar-refractivity contribution in [3.63, 3.8) is 0 Å². The van der Waals surface area contributed by atoms with Crippen LogP contribution in [0, 0.1) is 3.57 Å². The number of halogens is 1. The molecule has 3 rings (SSSR count). The average Bonchev–Trinajstić information content (AvgIpc) is 2.63. The van der Waals surface area contributed by atoms with Crippen LogP contribution in [0.2, 0.25) is 0 Å². The molecule has 1 heterocycles. The van der Waals surface area contributed by atoms with Crippen molar-refractivity contribution in [1.29, 1.82) is 0 Å². The van der Waals surface area contributed by atoms with Gasteiger partial charge in [-0.25, -0.2) is 0 Å². The van der Waals surface area contributed by atoms with Crippen LogP contribution >= 0.6 is 22.6 Å². The van der Waals surface area contributed by atoms with Gasteiger partial charge in [0.15, 0.2) is 11.5 Å². The van der Waals surface area contributed by atoms with Crippen LogP contribution in [0.1, 0.15) is 21.5 Å². The first-order valence-corrected chi connectivity index (χ1v) is 9.05. The van der Waals surface area contributed by atoms with Gasteiger partial charge in [-0.1, -0.05) is 0 Å². The Balaban J connectivity index is 1.86. The molecule has 0 aliphatic carbocycles. The van der Waals surface area contributed by atoms with E-state index in [1.54, 1.807) is 30.5 Å². The lowest BCUT2D eigenvalue weighted by molar-refractivity contribution is -0.114. The molecular formula is C19H17IN2O5. The SMILES string of the molecule is COc1cc(CN/C=C2\C(=O)NC(=O)c3ccc(I)cc32)cc(O)c1OC. The zero-order valence-corrected chi connectivity index (χ0v) is 16.8. The van der Waals surface area contributed by atoms with Gasteiger partial charge in [-0.15, -0.1) is 0 Å². The Hall–Kier alpha value is -2.75. The van der Waals surface area contributed by atoms with Gasteiger partial charge >= 0.3 is 0 Å². The molecule has 3 N–H and O–H groups in total. The third-order valence-corrected chi connectivity index (χ3v) is 4.73. The maximum absolute atomic E-state index is 12.2. The lowest BCUT2D eigenvalue weighted by Crippen LogP contribution is -2.37. The molecule has 1 aliphatic heterocycles. The number of hydrogen-bond acceptors (Lipinski definition) is 6. The van der Waals surface area contributed by atoms with Crippen molar-refractivity contribution < 1.29 is 24.2 Å². The van der Waals surface area contributed by atoms with E-state index in [1.165, 1.54) is 14.2 Å². The molecule has 0 saturated heterocycles. The highest BCUT2D eigenvalue weighted by Crippen LogP contribution is 2.37. The van der Waals surface area contributed by atoms with E-state index in [4.69, 9.17) is 9.47 Å². The van der Waals surface area contributed by atoms with Crippen LogP contribution in [0.4, 0.5) is 0 Å². The first kappa shape index (κ1) is 19.0. The number of methoxy groups -OCH3 is 2. The number of phenolic OH excluding ortho intramolecular Hbond substituents is 1. The van der Waals surface area contributed by atoms with Gasteiger partial charge in [0.1, 0.15) is 0 Å². The molecule has 140 valence electrons. The second kappa shape index (κ2) is 7.87. The van der Waals surface area contributed by atoms with Crippen molar-refractivity contribution in [3.8, 4) is 17.2 Å². The molecule has 8 heteroatoms. The largest absolute Gasteiger partial charge is 0.504 e.